The molecule has 18 heavy (non-hydrogen) atoms. The van der Waals surface area contributed by atoms with Crippen molar-refractivity contribution >= 4 is 17.2 Å². The first-order valence-corrected chi connectivity index (χ1v) is 7.30. The van der Waals surface area contributed by atoms with Gasteiger partial charge in [0.25, 0.3) is 5.91 Å². The van der Waals surface area contributed by atoms with Crippen molar-refractivity contribution in [2.45, 2.75) is 52.1 Å². The average Bonchev–Trinajstić information content (AvgIpc) is 2.86. The fourth-order valence-corrected chi connectivity index (χ4v) is 3.19. The van der Waals surface area contributed by atoms with E-state index in [0.29, 0.717) is 5.69 Å². The molecule has 3 N–H and O–H groups in total. The van der Waals surface area contributed by atoms with Gasteiger partial charge in [0, 0.05) is 11.4 Å². The Morgan fingerprint density at radius 2 is 2.39 bits per heavy atom. The second kappa shape index (κ2) is 4.97. The maximum absolute atomic E-state index is 12.1. The zero-order valence-corrected chi connectivity index (χ0v) is 12.0. The Balaban J connectivity index is 2.03. The fourth-order valence-electron chi connectivity index (χ4n) is 2.43. The van der Waals surface area contributed by atoms with E-state index in [0.717, 1.165) is 11.4 Å². The van der Waals surface area contributed by atoms with Gasteiger partial charge in [-0.1, -0.05) is 20.3 Å². The van der Waals surface area contributed by atoms with Crippen LogP contribution in [0, 0.1) is 5.41 Å². The summed E-state index contributed by atoms with van der Waals surface area (Å²) in [5.41, 5.74) is 6.44. The smallest absolute Gasteiger partial charge is 0.270 e. The number of carbonyl (C=O) groups excluding carboxylic acids is 1. The number of nitrogens with one attached hydrogen (secondary N) is 1. The Morgan fingerprint density at radius 1 is 1.67 bits per heavy atom. The first kappa shape index (κ1) is 13.5. The summed E-state index contributed by atoms with van der Waals surface area (Å²) in [5.74, 6) is -0.0712. The number of aromatic nitrogens is 1. The molecule has 0 bridgehead atoms. The van der Waals surface area contributed by atoms with Gasteiger partial charge >= 0.3 is 0 Å². The van der Waals surface area contributed by atoms with E-state index in [9.17, 15) is 4.79 Å². The van der Waals surface area contributed by atoms with Gasteiger partial charge in [0.15, 0.2) is 0 Å². The average molecular weight is 267 g/mol. The second-order valence-corrected chi connectivity index (χ2v) is 6.66. The van der Waals surface area contributed by atoms with E-state index in [1.165, 1.54) is 24.2 Å². The van der Waals surface area contributed by atoms with Crippen molar-refractivity contribution in [3.05, 3.63) is 16.1 Å². The number of thiazole rings is 1. The van der Waals surface area contributed by atoms with E-state index in [1.807, 2.05) is 6.92 Å². The molecule has 0 aromatic carbocycles. The van der Waals surface area contributed by atoms with Gasteiger partial charge in [-0.05, 0) is 25.2 Å². The van der Waals surface area contributed by atoms with Crippen LogP contribution in [0.4, 0.5) is 0 Å². The quantitative estimate of drug-likeness (QED) is 0.884. The Kier molecular flexibility index (Phi) is 3.73. The highest BCUT2D eigenvalue weighted by Crippen LogP contribution is 2.37. The molecular formula is C13H21N3OS. The second-order valence-electron chi connectivity index (χ2n) is 5.77. The lowest BCUT2D eigenvalue weighted by Gasteiger charge is -2.27. The molecule has 1 saturated carbocycles. The summed E-state index contributed by atoms with van der Waals surface area (Å²) in [5, 5.41) is 5.70. The number of rotatable bonds is 3. The van der Waals surface area contributed by atoms with Gasteiger partial charge in [0.1, 0.15) is 10.7 Å². The van der Waals surface area contributed by atoms with Gasteiger partial charge < -0.3 is 11.1 Å². The van der Waals surface area contributed by atoms with Gasteiger partial charge in [0.05, 0.1) is 6.04 Å². The van der Waals surface area contributed by atoms with Crippen LogP contribution in [0.3, 0.4) is 0 Å². The molecule has 0 radical (unpaired) electrons. The Hall–Kier alpha value is -0.940. The van der Waals surface area contributed by atoms with E-state index in [4.69, 9.17) is 5.73 Å². The van der Waals surface area contributed by atoms with Gasteiger partial charge in [0.2, 0.25) is 0 Å². The van der Waals surface area contributed by atoms with Crippen molar-refractivity contribution < 1.29 is 4.79 Å². The normalized spacial score (nSPS) is 23.9. The summed E-state index contributed by atoms with van der Waals surface area (Å²) < 4.78 is 0. The molecule has 2 rings (SSSR count). The van der Waals surface area contributed by atoms with Crippen LogP contribution >= 0.6 is 11.3 Å². The molecular weight excluding hydrogens is 246 g/mol. The molecule has 2 unspecified atom stereocenters. The lowest BCUT2D eigenvalue weighted by molar-refractivity contribution is 0.0905. The molecule has 0 saturated heterocycles. The fraction of sp³-hybridized carbons (Fsp3) is 0.692. The van der Waals surface area contributed by atoms with Crippen LogP contribution in [0.1, 0.15) is 61.6 Å². The molecule has 1 fully saturated rings. The third-order valence-corrected chi connectivity index (χ3v) is 4.75. The monoisotopic (exact) mass is 267 g/mol. The van der Waals surface area contributed by atoms with Crippen molar-refractivity contribution in [3.63, 3.8) is 0 Å². The van der Waals surface area contributed by atoms with E-state index >= 15 is 0 Å². The molecule has 1 aliphatic carbocycles. The summed E-state index contributed by atoms with van der Waals surface area (Å²) in [7, 11) is 0. The van der Waals surface area contributed by atoms with Crippen LogP contribution in [0.5, 0.6) is 0 Å². The molecule has 1 aliphatic rings. The van der Waals surface area contributed by atoms with Crippen LogP contribution < -0.4 is 11.1 Å². The SMILES string of the molecule is CC(N)c1nc(C(=O)NC2CCCC2(C)C)cs1. The maximum atomic E-state index is 12.1. The number of nitrogens with two attached hydrogens (primary N) is 1. The zero-order chi connectivity index (χ0) is 13.3. The highest BCUT2D eigenvalue weighted by molar-refractivity contribution is 7.09. The number of nitrogens with zero attached hydrogens (tertiary/aromatic N) is 1. The Morgan fingerprint density at radius 3 is 2.89 bits per heavy atom. The molecule has 1 heterocycles. The molecule has 1 amide bonds. The number of hydrogen-bond donors (Lipinski definition) is 2. The summed E-state index contributed by atoms with van der Waals surface area (Å²) in [4.78, 5) is 16.4. The van der Waals surface area contributed by atoms with E-state index in [-0.39, 0.29) is 23.4 Å². The van der Waals surface area contributed by atoms with Crippen molar-refractivity contribution in [3.8, 4) is 0 Å². The first-order valence-electron chi connectivity index (χ1n) is 6.42. The minimum atomic E-state index is -0.112. The number of hydrogen-bond acceptors (Lipinski definition) is 4. The summed E-state index contributed by atoms with van der Waals surface area (Å²) >= 11 is 1.45. The predicted molar refractivity (Wildman–Crippen MR) is 73.6 cm³/mol. The highest BCUT2D eigenvalue weighted by atomic mass is 32.1. The molecule has 2 atom stereocenters. The third kappa shape index (κ3) is 2.72. The molecule has 1 aromatic rings. The van der Waals surface area contributed by atoms with Crippen molar-refractivity contribution in [1.82, 2.24) is 10.3 Å². The largest absolute Gasteiger partial charge is 0.347 e. The van der Waals surface area contributed by atoms with Crippen LogP contribution in [-0.2, 0) is 0 Å². The molecule has 0 spiro atoms. The van der Waals surface area contributed by atoms with E-state index in [2.05, 4.69) is 24.1 Å². The van der Waals surface area contributed by atoms with Crippen molar-refractivity contribution in [2.75, 3.05) is 0 Å². The standard InChI is InChI=1S/C13H21N3OS/c1-8(14)12-15-9(7-18-12)11(17)16-10-5-4-6-13(10,2)3/h7-8,10H,4-6,14H2,1-3H3,(H,16,17). The predicted octanol–water partition coefficient (Wildman–Crippen LogP) is 2.47. The third-order valence-electron chi connectivity index (χ3n) is 3.71. The summed E-state index contributed by atoms with van der Waals surface area (Å²) in [6.45, 7) is 6.29. The summed E-state index contributed by atoms with van der Waals surface area (Å²) in [6.07, 6.45) is 3.41. The van der Waals surface area contributed by atoms with Gasteiger partial charge in [-0.2, -0.15) is 0 Å². The van der Waals surface area contributed by atoms with Gasteiger partial charge in [-0.25, -0.2) is 4.98 Å². The number of amides is 1. The highest BCUT2D eigenvalue weighted by Gasteiger charge is 2.35. The lowest BCUT2D eigenvalue weighted by atomic mass is 9.87. The topological polar surface area (TPSA) is 68.0 Å². The van der Waals surface area contributed by atoms with Crippen molar-refractivity contribution in [2.24, 2.45) is 11.1 Å². The maximum Gasteiger partial charge on any atom is 0.270 e. The van der Waals surface area contributed by atoms with Gasteiger partial charge in [-0.15, -0.1) is 11.3 Å². The molecule has 4 nitrogen and oxygen atoms in total. The summed E-state index contributed by atoms with van der Waals surface area (Å²) in [6, 6.07) is 0.143. The lowest BCUT2D eigenvalue weighted by Crippen LogP contribution is -2.41. The minimum Gasteiger partial charge on any atom is -0.347 e. The first-order chi connectivity index (χ1) is 8.40. The molecule has 1 aromatic heterocycles. The molecule has 5 heteroatoms. The van der Waals surface area contributed by atoms with E-state index in [1.54, 1.807) is 5.38 Å². The van der Waals surface area contributed by atoms with Crippen LogP contribution in [0.15, 0.2) is 5.38 Å². The zero-order valence-electron chi connectivity index (χ0n) is 11.2. The van der Waals surface area contributed by atoms with Gasteiger partial charge in [-0.3, -0.25) is 4.79 Å². The van der Waals surface area contributed by atoms with Crippen LogP contribution in [0.25, 0.3) is 0 Å². The molecule has 0 aliphatic heterocycles. The number of carbonyl (C=O) groups is 1. The van der Waals surface area contributed by atoms with Crippen molar-refractivity contribution in [1.29, 1.82) is 0 Å². The van der Waals surface area contributed by atoms with E-state index < -0.39 is 0 Å². The Bertz CT molecular complexity index is 439. The van der Waals surface area contributed by atoms with Crippen LogP contribution in [0.2, 0.25) is 0 Å². The minimum absolute atomic E-state index is 0.0712. The Labute approximate surface area is 112 Å². The van der Waals surface area contributed by atoms with Crippen LogP contribution in [-0.4, -0.2) is 16.9 Å². The molecule has 100 valence electrons.